The number of halogens is 1. The van der Waals surface area contributed by atoms with Gasteiger partial charge in [0, 0.05) is 11.6 Å². The van der Waals surface area contributed by atoms with Gasteiger partial charge >= 0.3 is 0 Å². The number of nitrogens with two attached hydrogens (primary N) is 1. The minimum atomic E-state index is -0.138. The fraction of sp³-hybridized carbons (Fsp3) is 0.538. The maximum Gasteiger partial charge on any atom is 0.128 e. The summed E-state index contributed by atoms with van der Waals surface area (Å²) in [4.78, 5) is 0. The lowest BCUT2D eigenvalue weighted by molar-refractivity contribution is 0.539. The lowest BCUT2D eigenvalue weighted by atomic mass is 9.95. The first-order chi connectivity index (χ1) is 7.08. The molecule has 0 radical (unpaired) electrons. The summed E-state index contributed by atoms with van der Waals surface area (Å²) >= 11 is 0. The molecule has 0 aromatic heterocycles. The van der Waals surface area contributed by atoms with Gasteiger partial charge in [-0.05, 0) is 43.4 Å². The fourth-order valence-electron chi connectivity index (χ4n) is 2.23. The van der Waals surface area contributed by atoms with Crippen LogP contribution in [0.15, 0.2) is 12.1 Å². The summed E-state index contributed by atoms with van der Waals surface area (Å²) < 4.78 is 13.8. The van der Waals surface area contributed by atoms with Crippen LogP contribution in [-0.4, -0.2) is 0 Å². The molecular formula is C13H18FN. The minimum absolute atomic E-state index is 0.127. The van der Waals surface area contributed by atoms with Crippen LogP contribution in [0, 0.1) is 25.6 Å². The molecule has 0 spiro atoms. The van der Waals surface area contributed by atoms with E-state index in [1.165, 1.54) is 12.8 Å². The Bertz CT molecular complexity index is 346. The summed E-state index contributed by atoms with van der Waals surface area (Å²) in [6.07, 6.45) is 3.46. The molecule has 0 saturated heterocycles. The van der Waals surface area contributed by atoms with Crippen molar-refractivity contribution in [2.75, 3.05) is 0 Å². The van der Waals surface area contributed by atoms with Gasteiger partial charge in [-0.15, -0.1) is 0 Å². The van der Waals surface area contributed by atoms with E-state index in [0.29, 0.717) is 5.56 Å². The maximum atomic E-state index is 13.8. The van der Waals surface area contributed by atoms with Crippen LogP contribution in [0.5, 0.6) is 0 Å². The van der Waals surface area contributed by atoms with Gasteiger partial charge in [0.25, 0.3) is 0 Å². The quantitative estimate of drug-likeness (QED) is 0.809. The zero-order valence-corrected chi connectivity index (χ0v) is 9.39. The lowest BCUT2D eigenvalue weighted by Gasteiger charge is -2.16. The van der Waals surface area contributed by atoms with Crippen LogP contribution in [0.2, 0.25) is 0 Å². The zero-order chi connectivity index (χ0) is 11.0. The van der Waals surface area contributed by atoms with E-state index in [0.717, 1.165) is 23.5 Å². The van der Waals surface area contributed by atoms with Crippen LogP contribution in [0.25, 0.3) is 0 Å². The third-order valence-electron chi connectivity index (χ3n) is 3.14. The number of benzene rings is 1. The predicted molar refractivity (Wildman–Crippen MR) is 60.1 cm³/mol. The van der Waals surface area contributed by atoms with Gasteiger partial charge in [0.1, 0.15) is 5.82 Å². The van der Waals surface area contributed by atoms with Crippen molar-refractivity contribution in [3.05, 3.63) is 34.6 Å². The highest BCUT2D eigenvalue weighted by Gasteiger charge is 2.26. The second-order valence-electron chi connectivity index (χ2n) is 4.76. The van der Waals surface area contributed by atoms with Crippen molar-refractivity contribution in [2.24, 2.45) is 11.7 Å². The SMILES string of the molecule is Cc1cc(C)c(C(N)CC2CC2)c(F)c1. The highest BCUT2D eigenvalue weighted by molar-refractivity contribution is 5.34. The first-order valence-corrected chi connectivity index (χ1v) is 5.60. The molecule has 1 aromatic carbocycles. The van der Waals surface area contributed by atoms with Gasteiger partial charge in [0.15, 0.2) is 0 Å². The van der Waals surface area contributed by atoms with Crippen LogP contribution < -0.4 is 5.73 Å². The fourth-order valence-corrected chi connectivity index (χ4v) is 2.23. The summed E-state index contributed by atoms with van der Waals surface area (Å²) in [6, 6.07) is 3.46. The summed E-state index contributed by atoms with van der Waals surface area (Å²) in [5, 5.41) is 0. The number of hydrogen-bond donors (Lipinski definition) is 1. The van der Waals surface area contributed by atoms with Gasteiger partial charge in [-0.2, -0.15) is 0 Å². The van der Waals surface area contributed by atoms with E-state index in [2.05, 4.69) is 0 Å². The molecule has 0 bridgehead atoms. The lowest BCUT2D eigenvalue weighted by Crippen LogP contribution is -2.14. The molecule has 82 valence electrons. The van der Waals surface area contributed by atoms with Crippen LogP contribution in [0.3, 0.4) is 0 Å². The van der Waals surface area contributed by atoms with Crippen molar-refractivity contribution in [3.8, 4) is 0 Å². The van der Waals surface area contributed by atoms with E-state index < -0.39 is 0 Å². The molecule has 1 aromatic rings. The summed E-state index contributed by atoms with van der Waals surface area (Å²) in [5.41, 5.74) is 8.71. The van der Waals surface area contributed by atoms with Crippen molar-refractivity contribution >= 4 is 0 Å². The van der Waals surface area contributed by atoms with E-state index in [-0.39, 0.29) is 11.9 Å². The van der Waals surface area contributed by atoms with Crippen LogP contribution in [0.1, 0.15) is 42.0 Å². The number of hydrogen-bond acceptors (Lipinski definition) is 1. The van der Waals surface area contributed by atoms with Gasteiger partial charge in [-0.3, -0.25) is 0 Å². The average molecular weight is 207 g/mol. The Hall–Kier alpha value is -0.890. The molecule has 2 heteroatoms. The van der Waals surface area contributed by atoms with E-state index in [4.69, 9.17) is 5.73 Å². The molecule has 1 nitrogen and oxygen atoms in total. The minimum Gasteiger partial charge on any atom is -0.324 e. The van der Waals surface area contributed by atoms with Gasteiger partial charge in [-0.25, -0.2) is 4.39 Å². The summed E-state index contributed by atoms with van der Waals surface area (Å²) in [6.45, 7) is 3.85. The number of rotatable bonds is 3. The molecule has 0 amide bonds. The molecule has 1 unspecified atom stereocenters. The average Bonchev–Trinajstić information content (AvgIpc) is 2.85. The van der Waals surface area contributed by atoms with Gasteiger partial charge in [0.05, 0.1) is 0 Å². The summed E-state index contributed by atoms with van der Waals surface area (Å²) in [5.74, 6) is 0.598. The van der Waals surface area contributed by atoms with Gasteiger partial charge in [-0.1, -0.05) is 18.9 Å². The van der Waals surface area contributed by atoms with E-state index in [1.807, 2.05) is 19.9 Å². The predicted octanol–water partition coefficient (Wildman–Crippen LogP) is 3.24. The Morgan fingerprint density at radius 2 is 2.07 bits per heavy atom. The van der Waals surface area contributed by atoms with Crippen LogP contribution in [-0.2, 0) is 0 Å². The molecule has 1 atom stereocenters. The second kappa shape index (κ2) is 3.93. The highest BCUT2D eigenvalue weighted by atomic mass is 19.1. The second-order valence-corrected chi connectivity index (χ2v) is 4.76. The van der Waals surface area contributed by atoms with Crippen LogP contribution >= 0.6 is 0 Å². The Morgan fingerprint density at radius 3 is 2.60 bits per heavy atom. The monoisotopic (exact) mass is 207 g/mol. The molecule has 1 fully saturated rings. The Kier molecular flexibility index (Phi) is 2.79. The molecule has 2 rings (SSSR count). The van der Waals surface area contributed by atoms with E-state index in [1.54, 1.807) is 6.07 Å². The Labute approximate surface area is 90.5 Å². The molecular weight excluding hydrogens is 189 g/mol. The zero-order valence-electron chi connectivity index (χ0n) is 9.39. The smallest absolute Gasteiger partial charge is 0.128 e. The molecule has 2 N–H and O–H groups in total. The van der Waals surface area contributed by atoms with Crippen molar-refractivity contribution in [2.45, 2.75) is 39.2 Å². The first-order valence-electron chi connectivity index (χ1n) is 5.60. The third-order valence-corrected chi connectivity index (χ3v) is 3.14. The van der Waals surface area contributed by atoms with E-state index in [9.17, 15) is 4.39 Å². The van der Waals surface area contributed by atoms with Crippen molar-refractivity contribution in [1.82, 2.24) is 0 Å². The topological polar surface area (TPSA) is 26.0 Å². The van der Waals surface area contributed by atoms with E-state index >= 15 is 0 Å². The first kappa shape index (κ1) is 10.6. The van der Waals surface area contributed by atoms with Crippen LogP contribution in [0.4, 0.5) is 4.39 Å². The Balaban J connectivity index is 2.24. The molecule has 15 heavy (non-hydrogen) atoms. The highest BCUT2D eigenvalue weighted by Crippen LogP contribution is 2.37. The van der Waals surface area contributed by atoms with Gasteiger partial charge in [0.2, 0.25) is 0 Å². The van der Waals surface area contributed by atoms with Crippen molar-refractivity contribution in [3.63, 3.8) is 0 Å². The summed E-state index contributed by atoms with van der Waals surface area (Å²) in [7, 11) is 0. The van der Waals surface area contributed by atoms with Gasteiger partial charge < -0.3 is 5.73 Å². The van der Waals surface area contributed by atoms with Crippen molar-refractivity contribution < 1.29 is 4.39 Å². The largest absolute Gasteiger partial charge is 0.324 e. The maximum absolute atomic E-state index is 13.8. The number of aryl methyl sites for hydroxylation is 2. The molecule has 1 aliphatic rings. The molecule has 1 aliphatic carbocycles. The normalized spacial score (nSPS) is 17.9. The third kappa shape index (κ3) is 2.37. The standard InChI is InChI=1S/C13H18FN/c1-8-5-9(2)13(11(14)6-8)12(15)7-10-3-4-10/h5-6,10,12H,3-4,7,15H2,1-2H3. The molecule has 1 saturated carbocycles. The molecule has 0 aliphatic heterocycles. The Morgan fingerprint density at radius 1 is 1.40 bits per heavy atom. The van der Waals surface area contributed by atoms with Crippen molar-refractivity contribution in [1.29, 1.82) is 0 Å². The molecule has 0 heterocycles.